The fourth-order valence-electron chi connectivity index (χ4n) is 2.83. The summed E-state index contributed by atoms with van der Waals surface area (Å²) in [6.45, 7) is 2.09. The summed E-state index contributed by atoms with van der Waals surface area (Å²) in [6, 6.07) is 17.5. The lowest BCUT2D eigenvalue weighted by atomic mass is 10.3. The lowest BCUT2D eigenvalue weighted by molar-refractivity contribution is -0.135. The van der Waals surface area contributed by atoms with Crippen LogP contribution >= 0.6 is 56.7 Å². The Balaban J connectivity index is 0.000000257. The number of hydrogen-bond donors (Lipinski definition) is 0. The van der Waals surface area contributed by atoms with Gasteiger partial charge < -0.3 is 0 Å². The van der Waals surface area contributed by atoms with Gasteiger partial charge in [-0.1, -0.05) is 6.07 Å². The van der Waals surface area contributed by atoms with Crippen molar-refractivity contribution in [1.82, 2.24) is 0 Å². The predicted octanol–water partition coefficient (Wildman–Crippen LogP) is 11.0. The van der Waals surface area contributed by atoms with Crippen LogP contribution in [0.3, 0.4) is 0 Å². The molecule has 0 radical (unpaired) electrons. The first-order valence-corrected chi connectivity index (χ1v) is 13.7. The van der Waals surface area contributed by atoms with E-state index < -0.39 is 22.1 Å². The monoisotopic (exact) mass is 564 g/mol. The largest absolute Gasteiger partial charge is 0.425 e. The van der Waals surface area contributed by atoms with E-state index in [0.29, 0.717) is 16.2 Å². The third-order valence-electron chi connectivity index (χ3n) is 4.37. The molecular formula is C23H14F6S5. The van der Waals surface area contributed by atoms with E-state index in [2.05, 4.69) is 31.2 Å². The van der Waals surface area contributed by atoms with Crippen LogP contribution < -0.4 is 0 Å². The van der Waals surface area contributed by atoms with E-state index in [1.165, 1.54) is 37.4 Å². The highest BCUT2D eigenvalue weighted by Crippen LogP contribution is 2.44. The van der Waals surface area contributed by atoms with Crippen molar-refractivity contribution in [2.75, 3.05) is 0 Å². The molecule has 0 spiro atoms. The highest BCUT2D eigenvalue weighted by molar-refractivity contribution is 7.28. The van der Waals surface area contributed by atoms with Gasteiger partial charge >= 0.3 is 12.4 Å². The summed E-state index contributed by atoms with van der Waals surface area (Å²) >= 11 is 6.52. The molecule has 0 fully saturated rings. The summed E-state index contributed by atoms with van der Waals surface area (Å²) in [5, 5.41) is 1.41. The molecule has 0 aromatic carbocycles. The summed E-state index contributed by atoms with van der Waals surface area (Å²) in [5.41, 5.74) is 0. The fourth-order valence-corrected chi connectivity index (χ4v) is 7.45. The lowest BCUT2D eigenvalue weighted by Gasteiger charge is -2.00. The first kappa shape index (κ1) is 25.2. The van der Waals surface area contributed by atoms with Crippen LogP contribution in [0.25, 0.3) is 29.3 Å². The maximum absolute atomic E-state index is 12.8. The summed E-state index contributed by atoms with van der Waals surface area (Å²) in [7, 11) is 0. The van der Waals surface area contributed by atoms with Gasteiger partial charge in [-0.2, -0.15) is 26.3 Å². The van der Waals surface area contributed by atoms with Crippen molar-refractivity contribution in [3.63, 3.8) is 0 Å². The molecule has 0 nitrogen and oxygen atoms in total. The van der Waals surface area contributed by atoms with Gasteiger partial charge in [0.1, 0.15) is 9.75 Å². The molecule has 5 aromatic heterocycles. The van der Waals surface area contributed by atoms with Gasteiger partial charge in [0, 0.05) is 34.1 Å². The van der Waals surface area contributed by atoms with E-state index in [1.54, 1.807) is 28.7 Å². The Labute approximate surface area is 211 Å². The van der Waals surface area contributed by atoms with Gasteiger partial charge in [-0.15, -0.1) is 56.7 Å². The Hall–Kier alpha value is -1.92. The summed E-state index contributed by atoms with van der Waals surface area (Å²) in [4.78, 5) is 6.42. The Morgan fingerprint density at radius 1 is 0.500 bits per heavy atom. The van der Waals surface area contributed by atoms with Gasteiger partial charge in [0.15, 0.2) is 0 Å². The molecule has 0 saturated heterocycles. The minimum atomic E-state index is -4.27. The van der Waals surface area contributed by atoms with Crippen molar-refractivity contribution < 1.29 is 26.3 Å². The second-order valence-electron chi connectivity index (χ2n) is 6.87. The second kappa shape index (κ2) is 9.98. The Kier molecular flexibility index (Phi) is 7.39. The van der Waals surface area contributed by atoms with Gasteiger partial charge in [0.25, 0.3) is 0 Å². The number of alkyl halides is 6. The minimum absolute atomic E-state index is 0.539. The normalized spacial score (nSPS) is 12.0. The van der Waals surface area contributed by atoms with Crippen molar-refractivity contribution in [3.8, 4) is 29.3 Å². The van der Waals surface area contributed by atoms with Crippen molar-refractivity contribution in [2.24, 2.45) is 0 Å². The molecule has 0 aliphatic carbocycles. The average Bonchev–Trinajstić information content (AvgIpc) is 3.58. The molecule has 5 aromatic rings. The van der Waals surface area contributed by atoms with E-state index in [-0.39, 0.29) is 0 Å². The smallest absolute Gasteiger partial charge is 0.165 e. The van der Waals surface area contributed by atoms with E-state index in [9.17, 15) is 26.3 Å². The quantitative estimate of drug-likeness (QED) is 0.191. The molecule has 0 atom stereocenters. The van der Waals surface area contributed by atoms with Crippen LogP contribution in [0.5, 0.6) is 0 Å². The van der Waals surface area contributed by atoms with Crippen molar-refractivity contribution in [3.05, 3.63) is 80.7 Å². The molecule has 5 rings (SSSR count). The fraction of sp³-hybridized carbons (Fsp3) is 0.130. The number of halogens is 6. The molecular weight excluding hydrogens is 551 g/mol. The van der Waals surface area contributed by atoms with Crippen molar-refractivity contribution in [2.45, 2.75) is 19.3 Å². The molecule has 0 unspecified atom stereocenters. The van der Waals surface area contributed by atoms with E-state index in [1.807, 2.05) is 12.1 Å². The molecule has 178 valence electrons. The van der Waals surface area contributed by atoms with Crippen LogP contribution in [0.1, 0.15) is 14.6 Å². The van der Waals surface area contributed by atoms with Crippen LogP contribution in [0.15, 0.2) is 66.0 Å². The molecule has 0 aliphatic heterocycles. The van der Waals surface area contributed by atoms with Gasteiger partial charge in [0.2, 0.25) is 0 Å². The zero-order valence-electron chi connectivity index (χ0n) is 17.2. The van der Waals surface area contributed by atoms with Crippen LogP contribution in [0.2, 0.25) is 0 Å². The Morgan fingerprint density at radius 2 is 0.941 bits per heavy atom. The zero-order chi connectivity index (χ0) is 24.5. The Bertz CT molecular complexity index is 1340. The maximum Gasteiger partial charge on any atom is 0.425 e. The van der Waals surface area contributed by atoms with Gasteiger partial charge in [0.05, 0.1) is 0 Å². The molecule has 11 heteroatoms. The van der Waals surface area contributed by atoms with Crippen LogP contribution in [0, 0.1) is 6.92 Å². The lowest BCUT2D eigenvalue weighted by Crippen LogP contribution is -2.00. The molecule has 0 amide bonds. The molecule has 0 bridgehead atoms. The average molecular weight is 565 g/mol. The number of hydrogen-bond acceptors (Lipinski definition) is 5. The molecule has 0 aliphatic rings. The van der Waals surface area contributed by atoms with E-state index in [0.717, 1.165) is 38.1 Å². The molecule has 34 heavy (non-hydrogen) atoms. The summed E-state index contributed by atoms with van der Waals surface area (Å²) in [5.74, 6) is 0. The minimum Gasteiger partial charge on any atom is -0.165 e. The standard InChI is InChI=1S/C18H11F3S4.C5H3F3S/c1-10-2-3-11(22-10)12-4-5-13(23-12)14-6-7-15(24-14)16-8-9-17(25-16)18(19,20)21;6-5(7,8)4-2-1-3-9-4/h2-9H,1H3;1-3H. The SMILES string of the molecule is Cc1ccc(-c2ccc(-c3ccc(-c4ccc(C(F)(F)F)s4)s3)s2)s1.FC(F)(F)c1cccs1. The van der Waals surface area contributed by atoms with Crippen LogP contribution in [-0.2, 0) is 12.4 Å². The van der Waals surface area contributed by atoms with Gasteiger partial charge in [-0.25, -0.2) is 0 Å². The highest BCUT2D eigenvalue weighted by Gasteiger charge is 2.33. The summed E-state index contributed by atoms with van der Waals surface area (Å²) in [6.07, 6.45) is -8.43. The topological polar surface area (TPSA) is 0 Å². The van der Waals surface area contributed by atoms with Crippen molar-refractivity contribution in [1.29, 1.82) is 0 Å². The van der Waals surface area contributed by atoms with Gasteiger partial charge in [-0.05, 0) is 66.9 Å². The van der Waals surface area contributed by atoms with E-state index >= 15 is 0 Å². The maximum atomic E-state index is 12.8. The molecule has 0 N–H and O–H groups in total. The van der Waals surface area contributed by atoms with E-state index in [4.69, 9.17) is 0 Å². The van der Waals surface area contributed by atoms with Gasteiger partial charge in [-0.3, -0.25) is 0 Å². The van der Waals surface area contributed by atoms with Crippen LogP contribution in [-0.4, -0.2) is 0 Å². The third-order valence-corrected chi connectivity index (χ3v) is 10.2. The predicted molar refractivity (Wildman–Crippen MR) is 133 cm³/mol. The number of thiophene rings is 5. The Morgan fingerprint density at radius 3 is 1.29 bits per heavy atom. The second-order valence-corrected chi connectivity index (χ2v) is 12.4. The zero-order valence-corrected chi connectivity index (χ0v) is 21.2. The third kappa shape index (κ3) is 6.01. The number of aryl methyl sites for hydroxylation is 1. The first-order chi connectivity index (χ1) is 16.0. The number of rotatable bonds is 3. The van der Waals surface area contributed by atoms with Crippen molar-refractivity contribution >= 4 is 56.7 Å². The molecule has 0 saturated carbocycles. The summed E-state index contributed by atoms with van der Waals surface area (Å²) < 4.78 is 73.2. The first-order valence-electron chi connectivity index (χ1n) is 9.55. The van der Waals surface area contributed by atoms with Crippen LogP contribution in [0.4, 0.5) is 26.3 Å². The molecule has 5 heterocycles. The highest BCUT2D eigenvalue weighted by atomic mass is 32.1.